The van der Waals surface area contributed by atoms with Crippen molar-refractivity contribution >= 4 is 10.9 Å². The second-order valence-electron chi connectivity index (χ2n) is 7.02. The molecule has 0 fully saturated rings. The molecule has 0 radical (unpaired) electrons. The molecule has 3 heteroatoms. The van der Waals surface area contributed by atoms with Gasteiger partial charge in [0.05, 0.1) is 0 Å². The maximum Gasteiger partial charge on any atom is 0.123 e. The number of rotatable bonds is 6. The lowest BCUT2D eigenvalue weighted by molar-refractivity contribution is 0.375. The summed E-state index contributed by atoms with van der Waals surface area (Å²) in [6.45, 7) is 8.25. The Balaban J connectivity index is 1.90. The van der Waals surface area contributed by atoms with Crippen LogP contribution in [-0.4, -0.2) is 10.1 Å². The first-order valence-corrected chi connectivity index (χ1v) is 8.55. The molecule has 24 heavy (non-hydrogen) atoms. The summed E-state index contributed by atoms with van der Waals surface area (Å²) in [5.41, 5.74) is 3.74. The fourth-order valence-corrected chi connectivity index (χ4v) is 2.84. The summed E-state index contributed by atoms with van der Waals surface area (Å²) < 4.78 is 15.4. The van der Waals surface area contributed by atoms with E-state index >= 15 is 0 Å². The smallest absolute Gasteiger partial charge is 0.123 e. The molecule has 0 saturated carbocycles. The molecule has 3 rings (SSSR count). The van der Waals surface area contributed by atoms with Crippen LogP contribution >= 0.6 is 0 Å². The van der Waals surface area contributed by atoms with E-state index in [1.807, 2.05) is 12.1 Å². The average molecular weight is 324 g/mol. The number of hydrogen-bond donors (Lipinski definition) is 1. The fourth-order valence-electron chi connectivity index (χ4n) is 2.84. The van der Waals surface area contributed by atoms with Gasteiger partial charge in [-0.1, -0.05) is 37.3 Å². The standard InChI is InChI=1S/C21H25FN2/c1-4-21(2,3)23-13-17-15-24(20-8-6-5-7-19(17)20)14-16-9-11-18(22)12-10-16/h5-12,15,23H,4,13-14H2,1-3H3. The molecule has 0 spiro atoms. The molecule has 0 amide bonds. The summed E-state index contributed by atoms with van der Waals surface area (Å²) in [6, 6.07) is 15.2. The van der Waals surface area contributed by atoms with Crippen molar-refractivity contribution in [3.63, 3.8) is 0 Å². The molecule has 1 N–H and O–H groups in total. The topological polar surface area (TPSA) is 17.0 Å². The van der Waals surface area contributed by atoms with Crippen LogP contribution in [0.5, 0.6) is 0 Å². The zero-order valence-electron chi connectivity index (χ0n) is 14.6. The number of para-hydroxylation sites is 1. The van der Waals surface area contributed by atoms with E-state index in [0.29, 0.717) is 0 Å². The van der Waals surface area contributed by atoms with Gasteiger partial charge >= 0.3 is 0 Å². The van der Waals surface area contributed by atoms with Gasteiger partial charge in [-0.25, -0.2) is 4.39 Å². The minimum absolute atomic E-state index is 0.125. The number of aromatic nitrogens is 1. The zero-order chi connectivity index (χ0) is 17.2. The number of benzene rings is 2. The summed E-state index contributed by atoms with van der Waals surface area (Å²) >= 11 is 0. The molecule has 0 atom stereocenters. The number of nitrogens with zero attached hydrogens (tertiary/aromatic N) is 1. The Hall–Kier alpha value is -2.13. The molecule has 0 bridgehead atoms. The van der Waals surface area contributed by atoms with Gasteiger partial charge in [0.1, 0.15) is 5.82 Å². The minimum atomic E-state index is -0.192. The quantitative estimate of drug-likeness (QED) is 0.667. The van der Waals surface area contributed by atoms with E-state index in [2.05, 4.69) is 61.1 Å². The predicted molar refractivity (Wildman–Crippen MR) is 98.6 cm³/mol. The van der Waals surface area contributed by atoms with Gasteiger partial charge in [-0.2, -0.15) is 0 Å². The number of halogens is 1. The molecule has 3 aromatic rings. The summed E-state index contributed by atoms with van der Waals surface area (Å²) in [7, 11) is 0. The molecule has 0 aliphatic carbocycles. The SMILES string of the molecule is CCC(C)(C)NCc1cn(Cc2ccc(F)cc2)c2ccccc12. The van der Waals surface area contributed by atoms with Crippen molar-refractivity contribution in [2.45, 2.75) is 45.8 Å². The maximum atomic E-state index is 13.1. The normalized spacial score (nSPS) is 12.0. The van der Waals surface area contributed by atoms with Crippen molar-refractivity contribution in [2.24, 2.45) is 0 Å². The first-order chi connectivity index (χ1) is 11.5. The Bertz CT molecular complexity index is 815. The highest BCUT2D eigenvalue weighted by Crippen LogP contribution is 2.23. The Labute approximate surface area is 143 Å². The van der Waals surface area contributed by atoms with Crippen LogP contribution in [0.2, 0.25) is 0 Å². The Morgan fingerprint density at radius 1 is 1.04 bits per heavy atom. The third kappa shape index (κ3) is 3.68. The molecule has 1 aromatic heterocycles. The van der Waals surface area contributed by atoms with Crippen LogP contribution in [0.3, 0.4) is 0 Å². The molecule has 2 nitrogen and oxygen atoms in total. The average Bonchev–Trinajstić information content (AvgIpc) is 2.93. The molecule has 0 aliphatic heterocycles. The number of hydrogen-bond acceptors (Lipinski definition) is 1. The lowest BCUT2D eigenvalue weighted by Gasteiger charge is -2.24. The third-order valence-electron chi connectivity index (χ3n) is 4.78. The van der Waals surface area contributed by atoms with E-state index in [0.717, 1.165) is 25.1 Å². The van der Waals surface area contributed by atoms with Gasteiger partial charge in [0.25, 0.3) is 0 Å². The second-order valence-corrected chi connectivity index (χ2v) is 7.02. The fraction of sp³-hybridized carbons (Fsp3) is 0.333. The van der Waals surface area contributed by atoms with Crippen molar-refractivity contribution in [3.05, 3.63) is 71.7 Å². The van der Waals surface area contributed by atoms with E-state index in [1.165, 1.54) is 28.6 Å². The van der Waals surface area contributed by atoms with Crippen LogP contribution in [0, 0.1) is 5.82 Å². The van der Waals surface area contributed by atoms with Crippen molar-refractivity contribution in [1.82, 2.24) is 9.88 Å². The van der Waals surface area contributed by atoms with Gasteiger partial charge in [-0.3, -0.25) is 0 Å². The van der Waals surface area contributed by atoms with Gasteiger partial charge in [0, 0.05) is 35.7 Å². The lowest BCUT2D eigenvalue weighted by Crippen LogP contribution is -2.37. The van der Waals surface area contributed by atoms with Crippen LogP contribution in [0.4, 0.5) is 4.39 Å². The summed E-state index contributed by atoms with van der Waals surface area (Å²) in [6.07, 6.45) is 3.30. The van der Waals surface area contributed by atoms with Crippen LogP contribution in [-0.2, 0) is 13.1 Å². The van der Waals surface area contributed by atoms with E-state index < -0.39 is 0 Å². The first-order valence-electron chi connectivity index (χ1n) is 8.55. The Morgan fingerprint density at radius 2 is 1.75 bits per heavy atom. The van der Waals surface area contributed by atoms with E-state index in [-0.39, 0.29) is 11.4 Å². The van der Waals surface area contributed by atoms with Gasteiger partial charge in [-0.05, 0) is 49.6 Å². The molecular weight excluding hydrogens is 299 g/mol. The molecule has 0 saturated heterocycles. The highest BCUT2D eigenvalue weighted by atomic mass is 19.1. The van der Waals surface area contributed by atoms with Gasteiger partial charge in [-0.15, -0.1) is 0 Å². The minimum Gasteiger partial charge on any atom is -0.343 e. The van der Waals surface area contributed by atoms with E-state index in [9.17, 15) is 4.39 Å². The Morgan fingerprint density at radius 3 is 2.46 bits per heavy atom. The van der Waals surface area contributed by atoms with Crippen molar-refractivity contribution < 1.29 is 4.39 Å². The molecule has 2 aromatic carbocycles. The van der Waals surface area contributed by atoms with Gasteiger partial charge in [0.2, 0.25) is 0 Å². The highest BCUT2D eigenvalue weighted by Gasteiger charge is 2.15. The van der Waals surface area contributed by atoms with Gasteiger partial charge in [0.15, 0.2) is 0 Å². The Kier molecular flexibility index (Phi) is 4.72. The lowest BCUT2D eigenvalue weighted by atomic mass is 10.0. The molecule has 0 unspecified atom stereocenters. The number of fused-ring (bicyclic) bond motifs is 1. The second kappa shape index (κ2) is 6.78. The van der Waals surface area contributed by atoms with Crippen LogP contribution in [0.1, 0.15) is 38.3 Å². The molecule has 0 aliphatic rings. The van der Waals surface area contributed by atoms with Crippen LogP contribution in [0.25, 0.3) is 10.9 Å². The zero-order valence-corrected chi connectivity index (χ0v) is 14.6. The highest BCUT2D eigenvalue weighted by molar-refractivity contribution is 5.84. The van der Waals surface area contributed by atoms with E-state index in [4.69, 9.17) is 0 Å². The van der Waals surface area contributed by atoms with Crippen LogP contribution in [0.15, 0.2) is 54.7 Å². The maximum absolute atomic E-state index is 13.1. The number of nitrogens with one attached hydrogen (secondary N) is 1. The summed E-state index contributed by atoms with van der Waals surface area (Å²) in [4.78, 5) is 0. The monoisotopic (exact) mass is 324 g/mol. The summed E-state index contributed by atoms with van der Waals surface area (Å²) in [5, 5.41) is 4.92. The third-order valence-corrected chi connectivity index (χ3v) is 4.78. The molecule has 1 heterocycles. The largest absolute Gasteiger partial charge is 0.343 e. The summed E-state index contributed by atoms with van der Waals surface area (Å²) in [5.74, 6) is -0.192. The van der Waals surface area contributed by atoms with E-state index in [1.54, 1.807) is 0 Å². The molecule has 126 valence electrons. The van der Waals surface area contributed by atoms with Crippen molar-refractivity contribution in [1.29, 1.82) is 0 Å². The van der Waals surface area contributed by atoms with Crippen LogP contribution < -0.4 is 5.32 Å². The predicted octanol–water partition coefficient (Wildman–Crippen LogP) is 5.11. The van der Waals surface area contributed by atoms with Crippen molar-refractivity contribution in [3.8, 4) is 0 Å². The van der Waals surface area contributed by atoms with Crippen molar-refractivity contribution in [2.75, 3.05) is 0 Å². The molecular formula is C21H25FN2. The van der Waals surface area contributed by atoms with Gasteiger partial charge < -0.3 is 9.88 Å². The first kappa shape index (κ1) is 16.7.